The van der Waals surface area contributed by atoms with Gasteiger partial charge in [-0.2, -0.15) is 0 Å². The standard InChI is InChI=1S/C16H17NO/c1-4-11-18-15-8-6-14(7-9-15)16-10-5-12(2)13(3)17-16/h1,6-10,12,17H,3,5,11H2,2H3. The van der Waals surface area contributed by atoms with Crippen LogP contribution in [0.3, 0.4) is 0 Å². The lowest BCUT2D eigenvalue weighted by atomic mass is 9.97. The summed E-state index contributed by atoms with van der Waals surface area (Å²) < 4.78 is 5.34. The van der Waals surface area contributed by atoms with Crippen molar-refractivity contribution in [1.29, 1.82) is 0 Å². The van der Waals surface area contributed by atoms with E-state index in [2.05, 4.69) is 30.8 Å². The lowest BCUT2D eigenvalue weighted by Crippen LogP contribution is -2.20. The molecule has 0 saturated carbocycles. The number of hydrogen-bond donors (Lipinski definition) is 1. The Kier molecular flexibility index (Phi) is 3.74. The van der Waals surface area contributed by atoms with Crippen LogP contribution in [0.4, 0.5) is 0 Å². The van der Waals surface area contributed by atoms with E-state index in [0.717, 1.165) is 29.1 Å². The molecule has 0 radical (unpaired) electrons. The molecule has 0 amide bonds. The van der Waals surface area contributed by atoms with Gasteiger partial charge in [0.05, 0.1) is 0 Å². The fourth-order valence-electron chi connectivity index (χ4n) is 1.83. The molecule has 2 rings (SSSR count). The van der Waals surface area contributed by atoms with Crippen LogP contribution in [0.1, 0.15) is 18.9 Å². The Morgan fingerprint density at radius 2 is 2.17 bits per heavy atom. The first-order valence-electron chi connectivity index (χ1n) is 6.03. The maximum absolute atomic E-state index is 5.34. The Labute approximate surface area is 108 Å². The van der Waals surface area contributed by atoms with Gasteiger partial charge in [-0.25, -0.2) is 0 Å². The first-order valence-corrected chi connectivity index (χ1v) is 6.03. The van der Waals surface area contributed by atoms with Crippen molar-refractivity contribution >= 4 is 5.70 Å². The maximum Gasteiger partial charge on any atom is 0.148 e. The predicted molar refractivity (Wildman–Crippen MR) is 74.8 cm³/mol. The van der Waals surface area contributed by atoms with Crippen LogP contribution in [0.5, 0.6) is 5.75 Å². The van der Waals surface area contributed by atoms with E-state index in [1.165, 1.54) is 0 Å². The van der Waals surface area contributed by atoms with Gasteiger partial charge in [0.1, 0.15) is 12.4 Å². The van der Waals surface area contributed by atoms with Gasteiger partial charge in [-0.15, -0.1) is 6.42 Å². The third kappa shape index (κ3) is 2.75. The van der Waals surface area contributed by atoms with Crippen molar-refractivity contribution in [2.24, 2.45) is 5.92 Å². The van der Waals surface area contributed by atoms with Gasteiger partial charge >= 0.3 is 0 Å². The molecule has 0 fully saturated rings. The summed E-state index contributed by atoms with van der Waals surface area (Å²) in [5.74, 6) is 3.73. The summed E-state index contributed by atoms with van der Waals surface area (Å²) >= 11 is 0. The molecule has 2 heteroatoms. The van der Waals surface area contributed by atoms with Crippen molar-refractivity contribution in [3.05, 3.63) is 48.2 Å². The van der Waals surface area contributed by atoms with Gasteiger partial charge in [0, 0.05) is 11.4 Å². The van der Waals surface area contributed by atoms with Gasteiger partial charge in [0.15, 0.2) is 0 Å². The van der Waals surface area contributed by atoms with Crippen LogP contribution >= 0.6 is 0 Å². The Bertz CT molecular complexity index is 505. The highest BCUT2D eigenvalue weighted by Crippen LogP contribution is 2.25. The zero-order chi connectivity index (χ0) is 13.0. The van der Waals surface area contributed by atoms with Crippen LogP contribution in [-0.4, -0.2) is 6.61 Å². The molecule has 92 valence electrons. The second kappa shape index (κ2) is 5.46. The van der Waals surface area contributed by atoms with E-state index >= 15 is 0 Å². The summed E-state index contributed by atoms with van der Waals surface area (Å²) in [5.41, 5.74) is 3.32. The van der Waals surface area contributed by atoms with Crippen LogP contribution in [0, 0.1) is 18.3 Å². The molecule has 1 heterocycles. The van der Waals surface area contributed by atoms with Gasteiger partial charge in [-0.05, 0) is 42.2 Å². The molecular formula is C16H17NO. The minimum absolute atomic E-state index is 0.300. The van der Waals surface area contributed by atoms with E-state index in [0.29, 0.717) is 12.5 Å². The first kappa shape index (κ1) is 12.3. The zero-order valence-corrected chi connectivity index (χ0v) is 10.6. The number of benzene rings is 1. The van der Waals surface area contributed by atoms with Gasteiger partial charge in [0.25, 0.3) is 0 Å². The van der Waals surface area contributed by atoms with Crippen molar-refractivity contribution in [2.45, 2.75) is 13.3 Å². The van der Waals surface area contributed by atoms with E-state index in [1.54, 1.807) is 0 Å². The molecule has 0 aliphatic carbocycles. The van der Waals surface area contributed by atoms with Gasteiger partial charge in [-0.1, -0.05) is 25.5 Å². The Balaban J connectivity index is 2.11. The number of terminal acetylenes is 1. The summed E-state index contributed by atoms with van der Waals surface area (Å²) in [6.07, 6.45) is 8.38. The highest BCUT2D eigenvalue weighted by molar-refractivity contribution is 5.67. The molecular weight excluding hydrogens is 222 g/mol. The van der Waals surface area contributed by atoms with E-state index in [9.17, 15) is 0 Å². The normalized spacial score (nSPS) is 18.6. The summed E-state index contributed by atoms with van der Waals surface area (Å²) in [4.78, 5) is 0. The number of allylic oxidation sites excluding steroid dienone is 2. The lowest BCUT2D eigenvalue weighted by molar-refractivity contribution is 0.370. The van der Waals surface area contributed by atoms with Crippen LogP contribution in [-0.2, 0) is 0 Å². The quantitative estimate of drug-likeness (QED) is 0.818. The molecule has 1 aliphatic heterocycles. The maximum atomic E-state index is 5.34. The molecule has 1 aromatic carbocycles. The molecule has 1 aromatic rings. The van der Waals surface area contributed by atoms with Crippen LogP contribution in [0.2, 0.25) is 0 Å². The third-order valence-electron chi connectivity index (χ3n) is 3.05. The number of ether oxygens (including phenoxy) is 1. The minimum atomic E-state index is 0.300. The number of hydrogen-bond acceptors (Lipinski definition) is 2. The molecule has 0 bridgehead atoms. The summed E-state index contributed by atoms with van der Waals surface area (Å²) in [7, 11) is 0. The summed E-state index contributed by atoms with van der Waals surface area (Å²) in [6, 6.07) is 7.90. The molecule has 18 heavy (non-hydrogen) atoms. The Morgan fingerprint density at radius 3 is 2.78 bits per heavy atom. The van der Waals surface area contributed by atoms with Crippen molar-refractivity contribution in [1.82, 2.24) is 5.32 Å². The summed E-state index contributed by atoms with van der Waals surface area (Å²) in [5, 5.41) is 3.34. The lowest BCUT2D eigenvalue weighted by Gasteiger charge is -2.23. The van der Waals surface area contributed by atoms with E-state index in [4.69, 9.17) is 11.2 Å². The SMILES string of the molecule is C#CCOc1ccc(C2=CCC(C)C(=C)N2)cc1. The van der Waals surface area contributed by atoms with Gasteiger partial charge in [-0.3, -0.25) is 0 Å². The van der Waals surface area contributed by atoms with E-state index in [1.807, 2.05) is 24.3 Å². The van der Waals surface area contributed by atoms with Crippen LogP contribution < -0.4 is 10.1 Å². The monoisotopic (exact) mass is 239 g/mol. The van der Waals surface area contributed by atoms with Crippen LogP contribution in [0.25, 0.3) is 5.70 Å². The van der Waals surface area contributed by atoms with Crippen molar-refractivity contribution in [2.75, 3.05) is 6.61 Å². The van der Waals surface area contributed by atoms with Crippen molar-refractivity contribution in [3.63, 3.8) is 0 Å². The minimum Gasteiger partial charge on any atom is -0.481 e. The van der Waals surface area contributed by atoms with Crippen LogP contribution in [0.15, 0.2) is 42.6 Å². The Morgan fingerprint density at radius 1 is 1.44 bits per heavy atom. The number of rotatable bonds is 3. The predicted octanol–water partition coefficient (Wildman–Crippen LogP) is 3.18. The largest absolute Gasteiger partial charge is 0.481 e. The molecule has 1 N–H and O–H groups in total. The molecule has 2 nitrogen and oxygen atoms in total. The third-order valence-corrected chi connectivity index (χ3v) is 3.05. The Hall–Kier alpha value is -2.14. The molecule has 1 aliphatic rings. The smallest absolute Gasteiger partial charge is 0.148 e. The molecule has 1 unspecified atom stereocenters. The summed E-state index contributed by atoms with van der Waals surface area (Å²) in [6.45, 7) is 6.50. The topological polar surface area (TPSA) is 21.3 Å². The van der Waals surface area contributed by atoms with E-state index in [-0.39, 0.29) is 0 Å². The molecule has 0 spiro atoms. The molecule has 0 aromatic heterocycles. The second-order valence-electron chi connectivity index (χ2n) is 4.42. The van der Waals surface area contributed by atoms with Crippen molar-refractivity contribution in [3.8, 4) is 18.1 Å². The zero-order valence-electron chi connectivity index (χ0n) is 10.6. The average Bonchev–Trinajstić information content (AvgIpc) is 2.40. The molecule has 1 atom stereocenters. The van der Waals surface area contributed by atoms with Gasteiger partial charge in [0.2, 0.25) is 0 Å². The highest BCUT2D eigenvalue weighted by atomic mass is 16.5. The number of nitrogens with one attached hydrogen (secondary N) is 1. The fraction of sp³-hybridized carbons (Fsp3) is 0.250. The molecule has 0 saturated heterocycles. The highest BCUT2D eigenvalue weighted by Gasteiger charge is 2.14. The first-order chi connectivity index (χ1) is 8.70. The second-order valence-corrected chi connectivity index (χ2v) is 4.42. The average molecular weight is 239 g/mol. The van der Waals surface area contributed by atoms with E-state index < -0.39 is 0 Å². The van der Waals surface area contributed by atoms with Crippen molar-refractivity contribution < 1.29 is 4.74 Å². The fourth-order valence-corrected chi connectivity index (χ4v) is 1.83. The van der Waals surface area contributed by atoms with Gasteiger partial charge < -0.3 is 10.1 Å².